The summed E-state index contributed by atoms with van der Waals surface area (Å²) in [7, 11) is 0. The maximum Gasteiger partial charge on any atom is 0.125 e. The van der Waals surface area contributed by atoms with Crippen molar-refractivity contribution in [2.75, 3.05) is 0 Å². The standard InChI is InChI=1S/C16H14ClFO2/c17-12-7-11(8-13(18)9-12)16(19)10-1-3-14(4-2-10)20-15-5-6-15/h1-4,7-9,15-16,19H,5-6H2. The van der Waals surface area contributed by atoms with Crippen molar-refractivity contribution in [3.05, 3.63) is 64.4 Å². The molecule has 1 saturated carbocycles. The molecule has 0 amide bonds. The summed E-state index contributed by atoms with van der Waals surface area (Å²) < 4.78 is 18.9. The van der Waals surface area contributed by atoms with Crippen molar-refractivity contribution in [1.82, 2.24) is 0 Å². The summed E-state index contributed by atoms with van der Waals surface area (Å²) >= 11 is 5.80. The van der Waals surface area contributed by atoms with Crippen LogP contribution in [0.5, 0.6) is 5.75 Å². The first-order chi connectivity index (χ1) is 9.61. The molecule has 1 unspecified atom stereocenters. The van der Waals surface area contributed by atoms with Gasteiger partial charge < -0.3 is 9.84 Å². The number of hydrogen-bond donors (Lipinski definition) is 1. The van der Waals surface area contributed by atoms with Crippen molar-refractivity contribution >= 4 is 11.6 Å². The molecule has 0 spiro atoms. The first-order valence-corrected chi connectivity index (χ1v) is 6.90. The third-order valence-corrected chi connectivity index (χ3v) is 3.44. The number of benzene rings is 2. The van der Waals surface area contributed by atoms with Crippen LogP contribution in [-0.2, 0) is 0 Å². The number of hydrogen-bond acceptors (Lipinski definition) is 2. The fraction of sp³-hybridized carbons (Fsp3) is 0.250. The average Bonchev–Trinajstić information content (AvgIpc) is 3.22. The predicted octanol–water partition coefficient (Wildman–Crippen LogP) is 4.10. The van der Waals surface area contributed by atoms with E-state index in [2.05, 4.69) is 0 Å². The fourth-order valence-corrected chi connectivity index (χ4v) is 2.26. The van der Waals surface area contributed by atoms with E-state index in [9.17, 15) is 9.50 Å². The molecule has 2 aromatic carbocycles. The molecule has 1 aliphatic rings. The molecule has 4 heteroatoms. The van der Waals surface area contributed by atoms with Crippen molar-refractivity contribution in [1.29, 1.82) is 0 Å². The Morgan fingerprint density at radius 2 is 1.80 bits per heavy atom. The highest BCUT2D eigenvalue weighted by molar-refractivity contribution is 6.30. The topological polar surface area (TPSA) is 29.5 Å². The zero-order valence-corrected chi connectivity index (χ0v) is 11.5. The van der Waals surface area contributed by atoms with E-state index < -0.39 is 11.9 Å². The zero-order valence-electron chi connectivity index (χ0n) is 10.7. The van der Waals surface area contributed by atoms with Crippen LogP contribution in [0, 0.1) is 5.82 Å². The number of aliphatic hydroxyl groups excluding tert-OH is 1. The molecule has 104 valence electrons. The number of aliphatic hydroxyl groups is 1. The third kappa shape index (κ3) is 3.11. The summed E-state index contributed by atoms with van der Waals surface area (Å²) in [6.07, 6.45) is 1.64. The van der Waals surface area contributed by atoms with E-state index in [1.807, 2.05) is 12.1 Å². The van der Waals surface area contributed by atoms with Crippen LogP contribution in [-0.4, -0.2) is 11.2 Å². The van der Waals surface area contributed by atoms with Gasteiger partial charge >= 0.3 is 0 Å². The maximum atomic E-state index is 13.3. The van der Waals surface area contributed by atoms with Crippen LogP contribution in [0.25, 0.3) is 0 Å². The number of rotatable bonds is 4. The Balaban J connectivity index is 1.79. The van der Waals surface area contributed by atoms with E-state index in [1.165, 1.54) is 12.1 Å². The first kappa shape index (κ1) is 13.4. The molecule has 0 saturated heterocycles. The second-order valence-electron chi connectivity index (χ2n) is 4.99. The third-order valence-electron chi connectivity index (χ3n) is 3.22. The van der Waals surface area contributed by atoms with E-state index in [4.69, 9.17) is 16.3 Å². The maximum absolute atomic E-state index is 13.3. The highest BCUT2D eigenvalue weighted by atomic mass is 35.5. The van der Waals surface area contributed by atoms with Gasteiger partial charge in [0.2, 0.25) is 0 Å². The monoisotopic (exact) mass is 292 g/mol. The van der Waals surface area contributed by atoms with Gasteiger partial charge in [0.15, 0.2) is 0 Å². The number of ether oxygens (including phenoxy) is 1. The van der Waals surface area contributed by atoms with Gasteiger partial charge in [0, 0.05) is 5.02 Å². The first-order valence-electron chi connectivity index (χ1n) is 6.52. The Hall–Kier alpha value is -1.58. The van der Waals surface area contributed by atoms with Crippen LogP contribution in [0.2, 0.25) is 5.02 Å². The fourth-order valence-electron chi connectivity index (χ4n) is 2.03. The van der Waals surface area contributed by atoms with Gasteiger partial charge in [-0.25, -0.2) is 4.39 Å². The van der Waals surface area contributed by atoms with Crippen molar-refractivity contribution in [3.8, 4) is 5.75 Å². The van der Waals surface area contributed by atoms with E-state index in [1.54, 1.807) is 18.2 Å². The summed E-state index contributed by atoms with van der Waals surface area (Å²) in [4.78, 5) is 0. The smallest absolute Gasteiger partial charge is 0.125 e. The molecule has 2 nitrogen and oxygen atoms in total. The largest absolute Gasteiger partial charge is 0.490 e. The molecule has 0 heterocycles. The highest BCUT2D eigenvalue weighted by Gasteiger charge is 2.23. The van der Waals surface area contributed by atoms with Crippen molar-refractivity contribution < 1.29 is 14.2 Å². The van der Waals surface area contributed by atoms with Gasteiger partial charge in [-0.05, 0) is 54.3 Å². The Bertz CT molecular complexity index is 588. The Morgan fingerprint density at radius 1 is 1.10 bits per heavy atom. The van der Waals surface area contributed by atoms with Gasteiger partial charge in [-0.2, -0.15) is 0 Å². The molecule has 20 heavy (non-hydrogen) atoms. The van der Waals surface area contributed by atoms with E-state index in [0.29, 0.717) is 17.2 Å². The van der Waals surface area contributed by atoms with Gasteiger partial charge in [0.05, 0.1) is 6.10 Å². The molecule has 0 aromatic heterocycles. The van der Waals surface area contributed by atoms with Crippen molar-refractivity contribution in [3.63, 3.8) is 0 Å². The lowest BCUT2D eigenvalue weighted by Crippen LogP contribution is -2.01. The van der Waals surface area contributed by atoms with Gasteiger partial charge in [0.1, 0.15) is 17.7 Å². The highest BCUT2D eigenvalue weighted by Crippen LogP contribution is 2.29. The summed E-state index contributed by atoms with van der Waals surface area (Å²) in [6, 6.07) is 11.2. The van der Waals surface area contributed by atoms with Gasteiger partial charge in [-0.1, -0.05) is 23.7 Å². The molecule has 1 fully saturated rings. The summed E-state index contributed by atoms with van der Waals surface area (Å²) in [5.74, 6) is 0.334. The Kier molecular flexibility index (Phi) is 3.64. The van der Waals surface area contributed by atoms with Crippen molar-refractivity contribution in [2.45, 2.75) is 25.0 Å². The van der Waals surface area contributed by atoms with E-state index in [0.717, 1.165) is 18.6 Å². The van der Waals surface area contributed by atoms with E-state index >= 15 is 0 Å². The molecule has 2 aromatic rings. The van der Waals surface area contributed by atoms with E-state index in [-0.39, 0.29) is 5.02 Å². The van der Waals surface area contributed by atoms with Crippen LogP contribution in [0.1, 0.15) is 30.1 Å². The summed E-state index contributed by atoms with van der Waals surface area (Å²) in [6.45, 7) is 0. The quantitative estimate of drug-likeness (QED) is 0.919. The predicted molar refractivity (Wildman–Crippen MR) is 75.6 cm³/mol. The lowest BCUT2D eigenvalue weighted by atomic mass is 10.0. The minimum atomic E-state index is -0.904. The molecule has 0 radical (unpaired) electrons. The van der Waals surface area contributed by atoms with Gasteiger partial charge in [-0.3, -0.25) is 0 Å². The molecule has 0 aliphatic heterocycles. The summed E-state index contributed by atoms with van der Waals surface area (Å²) in [5, 5.41) is 10.5. The molecule has 3 rings (SSSR count). The van der Waals surface area contributed by atoms with Crippen LogP contribution in [0.15, 0.2) is 42.5 Å². The molecule has 1 atom stereocenters. The van der Waals surface area contributed by atoms with Crippen LogP contribution < -0.4 is 4.74 Å². The van der Waals surface area contributed by atoms with Crippen molar-refractivity contribution in [2.24, 2.45) is 0 Å². The minimum Gasteiger partial charge on any atom is -0.490 e. The lowest BCUT2D eigenvalue weighted by molar-refractivity contribution is 0.219. The summed E-state index contributed by atoms with van der Waals surface area (Å²) in [5.41, 5.74) is 1.11. The lowest BCUT2D eigenvalue weighted by Gasteiger charge is -2.13. The molecule has 1 aliphatic carbocycles. The zero-order chi connectivity index (χ0) is 14.1. The van der Waals surface area contributed by atoms with Gasteiger partial charge in [0.25, 0.3) is 0 Å². The van der Waals surface area contributed by atoms with Gasteiger partial charge in [-0.15, -0.1) is 0 Å². The van der Waals surface area contributed by atoms with Crippen LogP contribution in [0.3, 0.4) is 0 Å². The molecular weight excluding hydrogens is 279 g/mol. The Morgan fingerprint density at radius 3 is 2.40 bits per heavy atom. The molecule has 1 N–H and O–H groups in total. The molecular formula is C16H14ClFO2. The number of halogens is 2. The Labute approximate surface area is 121 Å². The van der Waals surface area contributed by atoms with Crippen LogP contribution in [0.4, 0.5) is 4.39 Å². The second-order valence-corrected chi connectivity index (χ2v) is 5.43. The SMILES string of the molecule is OC(c1ccc(OC2CC2)cc1)c1cc(F)cc(Cl)c1. The van der Waals surface area contributed by atoms with Crippen LogP contribution >= 0.6 is 11.6 Å². The average molecular weight is 293 g/mol. The second kappa shape index (κ2) is 5.43. The normalized spacial score (nSPS) is 15.9. The minimum absolute atomic E-state index is 0.271. The molecule has 0 bridgehead atoms.